The van der Waals surface area contributed by atoms with Crippen LogP contribution < -0.4 is 15.5 Å². The summed E-state index contributed by atoms with van der Waals surface area (Å²) in [5.41, 5.74) is 2.56. The number of anilines is 1. The van der Waals surface area contributed by atoms with Crippen LogP contribution in [0.15, 0.2) is 47.6 Å². The van der Waals surface area contributed by atoms with Gasteiger partial charge in [0.1, 0.15) is 5.82 Å². The summed E-state index contributed by atoms with van der Waals surface area (Å²) in [6.45, 7) is 6.87. The zero-order valence-corrected chi connectivity index (χ0v) is 18.5. The maximum Gasteiger partial charge on any atom is 0.191 e. The quantitative estimate of drug-likeness (QED) is 0.341. The van der Waals surface area contributed by atoms with Crippen LogP contribution in [-0.2, 0) is 13.0 Å². The van der Waals surface area contributed by atoms with Crippen molar-refractivity contribution in [3.8, 4) is 0 Å². The van der Waals surface area contributed by atoms with Gasteiger partial charge in [0, 0.05) is 51.5 Å². The summed E-state index contributed by atoms with van der Waals surface area (Å²) in [5.74, 6) is 0.500. The highest BCUT2D eigenvalue weighted by atomic mass is 127. The Balaban J connectivity index is 0.00000364. The molecule has 0 aliphatic rings. The van der Waals surface area contributed by atoms with E-state index in [9.17, 15) is 4.39 Å². The first-order valence-electron chi connectivity index (χ1n) is 9.05. The molecule has 2 aromatic rings. The van der Waals surface area contributed by atoms with E-state index in [0.717, 1.165) is 37.3 Å². The van der Waals surface area contributed by atoms with Crippen LogP contribution in [0.3, 0.4) is 0 Å². The molecule has 0 amide bonds. The molecule has 0 radical (unpaired) electrons. The number of guanidine groups is 1. The van der Waals surface area contributed by atoms with Crippen LogP contribution in [0.2, 0.25) is 0 Å². The average Bonchev–Trinajstić information content (AvgIpc) is 2.67. The SMILES string of the molecule is CCN(CC)c1ccc(CNC(=NC)NCCc2ccccn2)cc1F.I. The molecule has 27 heavy (non-hydrogen) atoms. The van der Waals surface area contributed by atoms with Crippen LogP contribution in [0.5, 0.6) is 0 Å². The van der Waals surface area contributed by atoms with E-state index in [0.29, 0.717) is 18.2 Å². The summed E-state index contributed by atoms with van der Waals surface area (Å²) < 4.78 is 14.3. The molecule has 0 unspecified atom stereocenters. The molecule has 1 heterocycles. The number of aromatic nitrogens is 1. The molecule has 1 aromatic heterocycles. The van der Waals surface area contributed by atoms with Crippen molar-refractivity contribution in [1.82, 2.24) is 15.6 Å². The van der Waals surface area contributed by atoms with Gasteiger partial charge in [0.15, 0.2) is 5.96 Å². The molecule has 0 spiro atoms. The summed E-state index contributed by atoms with van der Waals surface area (Å²) >= 11 is 0. The summed E-state index contributed by atoms with van der Waals surface area (Å²) in [7, 11) is 1.72. The van der Waals surface area contributed by atoms with E-state index >= 15 is 0 Å². The zero-order chi connectivity index (χ0) is 18.8. The largest absolute Gasteiger partial charge is 0.370 e. The summed E-state index contributed by atoms with van der Waals surface area (Å²) in [4.78, 5) is 10.5. The van der Waals surface area contributed by atoms with Gasteiger partial charge in [0.2, 0.25) is 0 Å². The Hall–Kier alpha value is -1.90. The highest BCUT2D eigenvalue weighted by molar-refractivity contribution is 14.0. The molecule has 2 rings (SSSR count). The standard InChI is InChI=1S/C20H28FN5.HI/c1-4-26(5-2)19-10-9-16(14-18(19)21)15-25-20(22-3)24-13-11-17-8-6-7-12-23-17;/h6-10,12,14H,4-5,11,13,15H2,1-3H3,(H2,22,24,25);1H. The molecule has 0 aliphatic heterocycles. The fourth-order valence-corrected chi connectivity index (χ4v) is 2.74. The topological polar surface area (TPSA) is 52.5 Å². The molecular formula is C20H29FIN5. The Kier molecular flexibility index (Phi) is 10.7. The van der Waals surface area contributed by atoms with Gasteiger partial charge in [0.25, 0.3) is 0 Å². The van der Waals surface area contributed by atoms with Crippen LogP contribution in [0.25, 0.3) is 0 Å². The fraction of sp³-hybridized carbons (Fsp3) is 0.400. The third-order valence-electron chi connectivity index (χ3n) is 4.20. The number of hydrogen-bond acceptors (Lipinski definition) is 3. The van der Waals surface area contributed by atoms with Crippen molar-refractivity contribution in [2.24, 2.45) is 4.99 Å². The van der Waals surface area contributed by atoms with E-state index in [1.165, 1.54) is 0 Å². The van der Waals surface area contributed by atoms with Gasteiger partial charge in [-0.25, -0.2) is 4.39 Å². The van der Waals surface area contributed by atoms with Crippen molar-refractivity contribution in [1.29, 1.82) is 0 Å². The van der Waals surface area contributed by atoms with Gasteiger partial charge < -0.3 is 15.5 Å². The second kappa shape index (κ2) is 12.5. The number of nitrogens with one attached hydrogen (secondary N) is 2. The number of hydrogen-bond donors (Lipinski definition) is 2. The van der Waals surface area contributed by atoms with Crippen molar-refractivity contribution >= 4 is 35.6 Å². The Morgan fingerprint density at radius 2 is 1.93 bits per heavy atom. The Morgan fingerprint density at radius 1 is 1.15 bits per heavy atom. The number of aliphatic imine (C=N–C) groups is 1. The lowest BCUT2D eigenvalue weighted by atomic mass is 10.2. The minimum Gasteiger partial charge on any atom is -0.370 e. The predicted octanol–water partition coefficient (Wildman–Crippen LogP) is 3.59. The molecule has 0 fully saturated rings. The van der Waals surface area contributed by atoms with Gasteiger partial charge >= 0.3 is 0 Å². The third-order valence-corrected chi connectivity index (χ3v) is 4.20. The number of benzene rings is 1. The molecule has 0 atom stereocenters. The Labute approximate surface area is 178 Å². The number of pyridine rings is 1. The van der Waals surface area contributed by atoms with Crippen molar-refractivity contribution < 1.29 is 4.39 Å². The Bertz CT molecular complexity index is 705. The van der Waals surface area contributed by atoms with E-state index in [1.54, 1.807) is 19.3 Å². The monoisotopic (exact) mass is 485 g/mol. The minimum atomic E-state index is -0.189. The smallest absolute Gasteiger partial charge is 0.191 e. The third kappa shape index (κ3) is 7.32. The second-order valence-electron chi connectivity index (χ2n) is 5.88. The minimum absolute atomic E-state index is 0. The first-order valence-corrected chi connectivity index (χ1v) is 9.05. The fourth-order valence-electron chi connectivity index (χ4n) is 2.74. The first-order chi connectivity index (χ1) is 12.7. The van der Waals surface area contributed by atoms with Gasteiger partial charge in [-0.15, -0.1) is 24.0 Å². The van der Waals surface area contributed by atoms with Crippen molar-refractivity contribution in [3.63, 3.8) is 0 Å². The number of halogens is 2. The molecule has 0 saturated carbocycles. The molecular weight excluding hydrogens is 456 g/mol. The molecule has 0 saturated heterocycles. The lowest BCUT2D eigenvalue weighted by molar-refractivity contribution is 0.617. The first kappa shape index (κ1) is 23.1. The summed E-state index contributed by atoms with van der Waals surface area (Å²) in [6.07, 6.45) is 2.60. The van der Waals surface area contributed by atoms with Crippen LogP contribution in [0.1, 0.15) is 25.1 Å². The van der Waals surface area contributed by atoms with Gasteiger partial charge in [-0.05, 0) is 43.7 Å². The number of rotatable bonds is 8. The molecule has 148 valence electrons. The second-order valence-corrected chi connectivity index (χ2v) is 5.88. The molecule has 2 N–H and O–H groups in total. The highest BCUT2D eigenvalue weighted by Crippen LogP contribution is 2.20. The van der Waals surface area contributed by atoms with Crippen LogP contribution in [0, 0.1) is 5.82 Å². The van der Waals surface area contributed by atoms with Gasteiger partial charge in [-0.1, -0.05) is 12.1 Å². The lowest BCUT2D eigenvalue weighted by Gasteiger charge is -2.22. The van der Waals surface area contributed by atoms with Crippen molar-refractivity contribution in [2.75, 3.05) is 31.6 Å². The molecule has 1 aromatic carbocycles. The predicted molar refractivity (Wildman–Crippen MR) is 122 cm³/mol. The van der Waals surface area contributed by atoms with Gasteiger partial charge in [-0.3, -0.25) is 9.98 Å². The van der Waals surface area contributed by atoms with Gasteiger partial charge in [0.05, 0.1) is 5.69 Å². The zero-order valence-electron chi connectivity index (χ0n) is 16.2. The summed E-state index contributed by atoms with van der Waals surface area (Å²) in [6, 6.07) is 11.3. The molecule has 7 heteroatoms. The van der Waals surface area contributed by atoms with E-state index in [-0.39, 0.29) is 29.8 Å². The molecule has 5 nitrogen and oxygen atoms in total. The molecule has 0 bridgehead atoms. The van der Waals surface area contributed by atoms with E-state index in [4.69, 9.17) is 0 Å². The van der Waals surface area contributed by atoms with Crippen molar-refractivity contribution in [3.05, 3.63) is 59.7 Å². The average molecular weight is 485 g/mol. The van der Waals surface area contributed by atoms with Crippen LogP contribution in [-0.4, -0.2) is 37.6 Å². The van der Waals surface area contributed by atoms with Crippen molar-refractivity contribution in [2.45, 2.75) is 26.8 Å². The maximum absolute atomic E-state index is 14.3. The lowest BCUT2D eigenvalue weighted by Crippen LogP contribution is -2.38. The van der Waals surface area contributed by atoms with E-state index in [2.05, 4.69) is 20.6 Å². The Morgan fingerprint density at radius 3 is 2.52 bits per heavy atom. The van der Waals surface area contributed by atoms with E-state index < -0.39 is 0 Å². The van der Waals surface area contributed by atoms with Crippen LogP contribution in [0.4, 0.5) is 10.1 Å². The van der Waals surface area contributed by atoms with Crippen LogP contribution >= 0.6 is 24.0 Å². The highest BCUT2D eigenvalue weighted by Gasteiger charge is 2.09. The summed E-state index contributed by atoms with van der Waals surface area (Å²) in [5, 5.41) is 6.46. The van der Waals surface area contributed by atoms with Gasteiger partial charge in [-0.2, -0.15) is 0 Å². The maximum atomic E-state index is 14.3. The normalized spacial score (nSPS) is 10.9. The van der Waals surface area contributed by atoms with E-state index in [1.807, 2.05) is 49.1 Å². The number of nitrogens with zero attached hydrogens (tertiary/aromatic N) is 3. The molecule has 0 aliphatic carbocycles.